The highest BCUT2D eigenvalue weighted by Gasteiger charge is 2.33. The Morgan fingerprint density at radius 1 is 1.07 bits per heavy atom. The van der Waals surface area contributed by atoms with Gasteiger partial charge in [0.25, 0.3) is 0 Å². The second kappa shape index (κ2) is 8.61. The lowest BCUT2D eigenvalue weighted by Gasteiger charge is -2.31. The third-order valence-corrected chi connectivity index (χ3v) is 7.06. The Balaban J connectivity index is 1.70. The predicted molar refractivity (Wildman–Crippen MR) is 108 cm³/mol. The molecule has 1 unspecified atom stereocenters. The molecule has 0 aromatic heterocycles. The van der Waals surface area contributed by atoms with Gasteiger partial charge in [-0.15, -0.1) is 0 Å². The van der Waals surface area contributed by atoms with Gasteiger partial charge in [-0.25, -0.2) is 12.7 Å². The van der Waals surface area contributed by atoms with Crippen LogP contribution in [-0.4, -0.2) is 31.7 Å². The number of carbonyl (C=O) groups is 1. The van der Waals surface area contributed by atoms with Crippen LogP contribution < -0.4 is 5.32 Å². The number of halogens is 2. The van der Waals surface area contributed by atoms with Crippen molar-refractivity contribution in [3.05, 3.63) is 64.1 Å². The molecule has 1 aliphatic rings. The van der Waals surface area contributed by atoms with Crippen molar-refractivity contribution < 1.29 is 13.2 Å². The van der Waals surface area contributed by atoms with E-state index in [1.807, 2.05) is 18.2 Å². The molecule has 144 valence electrons. The number of nitrogens with zero attached hydrogens (tertiary/aromatic N) is 1. The lowest BCUT2D eigenvalue weighted by atomic mass is 9.99. The summed E-state index contributed by atoms with van der Waals surface area (Å²) in [5, 5.41) is 3.49. The van der Waals surface area contributed by atoms with Gasteiger partial charge in [0.1, 0.15) is 0 Å². The zero-order valence-corrected chi connectivity index (χ0v) is 16.9. The number of hydrogen-bond donors (Lipinski definition) is 1. The fourth-order valence-corrected chi connectivity index (χ4v) is 5.48. The number of carbonyl (C=O) groups excluding carboxylic acids is 1. The molecular formula is C19H20Cl2N2O3S. The highest BCUT2D eigenvalue weighted by atomic mass is 35.5. The molecule has 1 aliphatic heterocycles. The quantitative estimate of drug-likeness (QED) is 0.779. The molecular weight excluding hydrogens is 407 g/mol. The molecule has 1 N–H and O–H groups in total. The minimum atomic E-state index is -3.64. The number of amides is 1. The topological polar surface area (TPSA) is 66.5 Å². The summed E-state index contributed by atoms with van der Waals surface area (Å²) in [4.78, 5) is 12.5. The number of sulfonamides is 1. The van der Waals surface area contributed by atoms with Gasteiger partial charge in [-0.05, 0) is 37.1 Å². The minimum Gasteiger partial charge on any atom is -0.326 e. The number of para-hydroxylation sites is 1. The first-order valence-electron chi connectivity index (χ1n) is 8.63. The number of piperidine rings is 1. The first-order valence-corrected chi connectivity index (χ1v) is 11.0. The van der Waals surface area contributed by atoms with Crippen molar-refractivity contribution in [2.75, 3.05) is 18.4 Å². The van der Waals surface area contributed by atoms with E-state index in [2.05, 4.69) is 5.32 Å². The van der Waals surface area contributed by atoms with E-state index in [1.165, 1.54) is 4.31 Å². The molecule has 1 amide bonds. The lowest BCUT2D eigenvalue weighted by Crippen LogP contribution is -2.44. The molecule has 0 saturated carbocycles. The van der Waals surface area contributed by atoms with Crippen LogP contribution in [0.1, 0.15) is 18.4 Å². The van der Waals surface area contributed by atoms with Crippen LogP contribution >= 0.6 is 23.2 Å². The average molecular weight is 427 g/mol. The zero-order chi connectivity index (χ0) is 19.4. The van der Waals surface area contributed by atoms with Crippen molar-refractivity contribution >= 4 is 44.8 Å². The van der Waals surface area contributed by atoms with E-state index in [1.54, 1.807) is 30.3 Å². The first kappa shape index (κ1) is 20.1. The molecule has 1 fully saturated rings. The van der Waals surface area contributed by atoms with Crippen LogP contribution in [0.25, 0.3) is 0 Å². The van der Waals surface area contributed by atoms with Gasteiger partial charge >= 0.3 is 0 Å². The van der Waals surface area contributed by atoms with Crippen molar-refractivity contribution in [3.63, 3.8) is 0 Å². The van der Waals surface area contributed by atoms with E-state index < -0.39 is 15.9 Å². The van der Waals surface area contributed by atoms with Crippen LogP contribution in [0.3, 0.4) is 0 Å². The van der Waals surface area contributed by atoms with Crippen LogP contribution in [0.4, 0.5) is 5.69 Å². The molecule has 0 spiro atoms. The Labute approximate surface area is 169 Å². The van der Waals surface area contributed by atoms with E-state index in [0.717, 1.165) is 0 Å². The maximum absolute atomic E-state index is 12.9. The monoisotopic (exact) mass is 426 g/mol. The normalized spacial score (nSPS) is 18.2. The van der Waals surface area contributed by atoms with Crippen molar-refractivity contribution in [2.45, 2.75) is 18.6 Å². The van der Waals surface area contributed by atoms with Crippen LogP contribution in [0.2, 0.25) is 10.0 Å². The lowest BCUT2D eigenvalue weighted by molar-refractivity contribution is -0.120. The molecule has 1 saturated heterocycles. The molecule has 3 rings (SSSR count). The molecule has 1 heterocycles. The molecule has 1 atom stereocenters. The smallest absolute Gasteiger partial charge is 0.228 e. The SMILES string of the molecule is O=C(Nc1ccccc1)C1CCCN(S(=O)(=O)Cc2c(Cl)cccc2Cl)C1. The Morgan fingerprint density at radius 2 is 1.74 bits per heavy atom. The number of rotatable bonds is 5. The molecule has 8 heteroatoms. The summed E-state index contributed by atoms with van der Waals surface area (Å²) in [5.74, 6) is -0.842. The first-order chi connectivity index (χ1) is 12.9. The third-order valence-electron chi connectivity index (χ3n) is 4.58. The Kier molecular flexibility index (Phi) is 6.42. The van der Waals surface area contributed by atoms with Gasteiger partial charge in [-0.1, -0.05) is 47.5 Å². The fraction of sp³-hybridized carbons (Fsp3) is 0.316. The van der Waals surface area contributed by atoms with Crippen molar-refractivity contribution in [3.8, 4) is 0 Å². The third kappa shape index (κ3) is 5.02. The summed E-state index contributed by atoms with van der Waals surface area (Å²) in [6.07, 6.45) is 1.28. The summed E-state index contributed by atoms with van der Waals surface area (Å²) in [6.45, 7) is 0.544. The Hall–Kier alpha value is -1.60. The molecule has 2 aromatic rings. The largest absolute Gasteiger partial charge is 0.326 e. The number of nitrogens with one attached hydrogen (secondary N) is 1. The van der Waals surface area contributed by atoms with Crippen LogP contribution in [0.5, 0.6) is 0 Å². The molecule has 0 bridgehead atoms. The number of hydrogen-bond acceptors (Lipinski definition) is 3. The Morgan fingerprint density at radius 3 is 2.41 bits per heavy atom. The maximum Gasteiger partial charge on any atom is 0.228 e. The van der Waals surface area contributed by atoms with Gasteiger partial charge in [-0.3, -0.25) is 4.79 Å². The van der Waals surface area contributed by atoms with Gasteiger partial charge in [0.15, 0.2) is 0 Å². The highest BCUT2D eigenvalue weighted by molar-refractivity contribution is 7.88. The minimum absolute atomic E-state index is 0.156. The van der Waals surface area contributed by atoms with Gasteiger partial charge in [0.2, 0.25) is 15.9 Å². The summed E-state index contributed by atoms with van der Waals surface area (Å²) in [5.41, 5.74) is 1.09. The summed E-state index contributed by atoms with van der Waals surface area (Å²) in [6, 6.07) is 14.0. The van der Waals surface area contributed by atoms with E-state index in [4.69, 9.17) is 23.2 Å². The van der Waals surface area contributed by atoms with Gasteiger partial charge in [0, 0.05) is 34.4 Å². The van der Waals surface area contributed by atoms with Gasteiger partial charge in [0.05, 0.1) is 11.7 Å². The highest BCUT2D eigenvalue weighted by Crippen LogP contribution is 2.29. The van der Waals surface area contributed by atoms with Crippen LogP contribution in [0.15, 0.2) is 48.5 Å². The second-order valence-electron chi connectivity index (χ2n) is 6.51. The maximum atomic E-state index is 12.9. The fourth-order valence-electron chi connectivity index (χ4n) is 3.12. The molecule has 5 nitrogen and oxygen atoms in total. The standard InChI is InChI=1S/C19H20Cl2N2O3S/c20-17-9-4-10-18(21)16(17)13-27(25,26)23-11-5-6-14(12-23)19(24)22-15-7-2-1-3-8-15/h1-4,7-10,14H,5-6,11-13H2,(H,22,24). The summed E-state index contributed by atoms with van der Waals surface area (Å²) in [7, 11) is -3.64. The molecule has 0 radical (unpaired) electrons. The summed E-state index contributed by atoms with van der Waals surface area (Å²) >= 11 is 12.2. The molecule has 2 aromatic carbocycles. The average Bonchev–Trinajstić information content (AvgIpc) is 2.66. The summed E-state index contributed by atoms with van der Waals surface area (Å²) < 4.78 is 27.1. The predicted octanol–water partition coefficient (Wildman–Crippen LogP) is 4.17. The second-order valence-corrected chi connectivity index (χ2v) is 9.29. The van der Waals surface area contributed by atoms with Gasteiger partial charge < -0.3 is 5.32 Å². The molecule has 27 heavy (non-hydrogen) atoms. The van der Waals surface area contributed by atoms with Crippen molar-refractivity contribution in [1.29, 1.82) is 0 Å². The van der Waals surface area contributed by atoms with Gasteiger partial charge in [-0.2, -0.15) is 0 Å². The van der Waals surface area contributed by atoms with E-state index >= 15 is 0 Å². The van der Waals surface area contributed by atoms with E-state index in [-0.39, 0.29) is 18.2 Å². The zero-order valence-electron chi connectivity index (χ0n) is 14.6. The van der Waals surface area contributed by atoms with Crippen molar-refractivity contribution in [1.82, 2.24) is 4.31 Å². The number of benzene rings is 2. The van der Waals surface area contributed by atoms with E-state index in [9.17, 15) is 13.2 Å². The van der Waals surface area contributed by atoms with E-state index in [0.29, 0.717) is 40.7 Å². The van der Waals surface area contributed by atoms with Crippen LogP contribution in [-0.2, 0) is 20.6 Å². The van der Waals surface area contributed by atoms with Crippen LogP contribution in [0, 0.1) is 5.92 Å². The number of anilines is 1. The molecule has 0 aliphatic carbocycles. The Bertz CT molecular complexity index is 900. The van der Waals surface area contributed by atoms with Crippen molar-refractivity contribution in [2.24, 2.45) is 5.92 Å².